The molecule has 0 saturated carbocycles. The van der Waals surface area contributed by atoms with Gasteiger partial charge in [-0.15, -0.1) is 12.6 Å². The second kappa shape index (κ2) is 8.63. The molecule has 0 aliphatic carbocycles. The first-order valence-corrected chi connectivity index (χ1v) is 13.2. The number of nitrogens with zero attached hydrogens (tertiary/aromatic N) is 2. The van der Waals surface area contributed by atoms with E-state index in [0.29, 0.717) is 12.5 Å². The summed E-state index contributed by atoms with van der Waals surface area (Å²) in [5, 5.41) is 2.15. The van der Waals surface area contributed by atoms with Crippen molar-refractivity contribution in [2.75, 3.05) is 18.0 Å². The minimum Gasteiger partial charge on any atom is -0.336 e. The summed E-state index contributed by atoms with van der Waals surface area (Å²) in [6.45, 7) is 5.55. The molecule has 0 bridgehead atoms. The standard InChI is InChI=1S/C21H22N2O3S4/c1-3-15-16-7-5-13(27)11-18(16)29-21(15)22-10-9-20-23(4-2)17-8-6-14(30(24,25)26)12-19(17)28-20/h5-9,11-12,15,27H,3-4,10H2,1-2H3,(H,24,25,26). The van der Waals surface area contributed by atoms with E-state index in [1.165, 1.54) is 34.4 Å². The van der Waals surface area contributed by atoms with E-state index in [4.69, 9.17) is 4.99 Å². The van der Waals surface area contributed by atoms with Crippen molar-refractivity contribution in [2.45, 2.75) is 45.8 Å². The van der Waals surface area contributed by atoms with E-state index < -0.39 is 10.1 Å². The Morgan fingerprint density at radius 3 is 2.67 bits per heavy atom. The Balaban J connectivity index is 1.55. The fourth-order valence-electron chi connectivity index (χ4n) is 3.69. The zero-order valence-electron chi connectivity index (χ0n) is 16.6. The molecule has 4 rings (SSSR count). The minimum absolute atomic E-state index is 0.0826. The molecule has 0 aromatic heterocycles. The zero-order valence-corrected chi connectivity index (χ0v) is 19.9. The molecule has 0 saturated heterocycles. The summed E-state index contributed by atoms with van der Waals surface area (Å²) >= 11 is 7.67. The van der Waals surface area contributed by atoms with E-state index in [-0.39, 0.29) is 4.90 Å². The van der Waals surface area contributed by atoms with Gasteiger partial charge in [-0.3, -0.25) is 9.55 Å². The maximum atomic E-state index is 11.5. The molecule has 30 heavy (non-hydrogen) atoms. The van der Waals surface area contributed by atoms with E-state index >= 15 is 0 Å². The first-order valence-electron chi connectivity index (χ1n) is 9.64. The molecule has 2 aromatic carbocycles. The van der Waals surface area contributed by atoms with Crippen molar-refractivity contribution in [3.63, 3.8) is 0 Å². The Bertz CT molecular complexity index is 1160. The van der Waals surface area contributed by atoms with Crippen molar-refractivity contribution in [1.29, 1.82) is 0 Å². The molecule has 2 aliphatic rings. The van der Waals surface area contributed by atoms with Crippen LogP contribution in [0.3, 0.4) is 0 Å². The molecule has 2 aromatic rings. The smallest absolute Gasteiger partial charge is 0.294 e. The lowest BCUT2D eigenvalue weighted by Gasteiger charge is -2.18. The van der Waals surface area contributed by atoms with Gasteiger partial charge in [0.15, 0.2) is 0 Å². The van der Waals surface area contributed by atoms with Gasteiger partial charge in [0, 0.05) is 27.1 Å². The summed E-state index contributed by atoms with van der Waals surface area (Å²) in [6.07, 6.45) is 3.08. The first kappa shape index (κ1) is 21.8. The van der Waals surface area contributed by atoms with Gasteiger partial charge in [-0.1, -0.05) is 36.5 Å². The highest BCUT2D eigenvalue weighted by atomic mass is 32.2. The van der Waals surface area contributed by atoms with E-state index in [2.05, 4.69) is 49.6 Å². The third-order valence-electron chi connectivity index (χ3n) is 5.12. The number of thioether (sulfide) groups is 2. The van der Waals surface area contributed by atoms with Crippen LogP contribution in [-0.2, 0) is 10.1 Å². The summed E-state index contributed by atoms with van der Waals surface area (Å²) in [7, 11) is -4.21. The third kappa shape index (κ3) is 4.18. The maximum Gasteiger partial charge on any atom is 0.294 e. The number of benzene rings is 2. The Morgan fingerprint density at radius 1 is 1.17 bits per heavy atom. The molecule has 0 amide bonds. The SMILES string of the molecule is CCC1C(=NCC=C2Sc3cc(S(=O)(=O)O)ccc3N2CC)Sc2cc(S)ccc21. The van der Waals surface area contributed by atoms with E-state index in [0.717, 1.165) is 38.5 Å². The summed E-state index contributed by atoms with van der Waals surface area (Å²) in [5.41, 5.74) is 2.27. The molecule has 1 atom stereocenters. The third-order valence-corrected chi connectivity index (χ3v) is 8.59. The van der Waals surface area contributed by atoms with Crippen LogP contribution in [0.25, 0.3) is 0 Å². The minimum atomic E-state index is -4.21. The van der Waals surface area contributed by atoms with E-state index in [1.54, 1.807) is 17.8 Å². The summed E-state index contributed by atoms with van der Waals surface area (Å²) in [4.78, 5) is 9.94. The quantitative estimate of drug-likeness (QED) is 0.425. The van der Waals surface area contributed by atoms with E-state index in [9.17, 15) is 13.0 Å². The van der Waals surface area contributed by atoms with Crippen molar-refractivity contribution >= 4 is 57.0 Å². The van der Waals surface area contributed by atoms with Crippen LogP contribution in [0.5, 0.6) is 0 Å². The second-order valence-corrected chi connectivity index (χ2v) is 11.0. The molecule has 5 nitrogen and oxygen atoms in total. The van der Waals surface area contributed by atoms with Crippen LogP contribution in [0, 0.1) is 0 Å². The molecule has 2 heterocycles. The fourth-order valence-corrected chi connectivity index (χ4v) is 7.07. The molecule has 1 N–H and O–H groups in total. The van der Waals surface area contributed by atoms with Crippen molar-refractivity contribution in [3.05, 3.63) is 53.1 Å². The normalized spacial score (nSPS) is 20.8. The lowest BCUT2D eigenvalue weighted by molar-refractivity contribution is 0.483. The second-order valence-electron chi connectivity index (χ2n) is 6.96. The summed E-state index contributed by atoms with van der Waals surface area (Å²) < 4.78 is 32.2. The zero-order chi connectivity index (χ0) is 21.5. The molecule has 0 fully saturated rings. The molecule has 158 valence electrons. The van der Waals surface area contributed by atoms with Crippen molar-refractivity contribution in [2.24, 2.45) is 4.99 Å². The maximum absolute atomic E-state index is 11.5. The van der Waals surface area contributed by atoms with Gasteiger partial charge in [-0.25, -0.2) is 0 Å². The van der Waals surface area contributed by atoms with Crippen molar-refractivity contribution in [3.8, 4) is 0 Å². The highest BCUT2D eigenvalue weighted by Gasteiger charge is 2.29. The number of thiol groups is 1. The Hall–Kier alpha value is -1.39. The number of rotatable bonds is 5. The summed E-state index contributed by atoms with van der Waals surface area (Å²) in [5.74, 6) is 0.324. The molecular formula is C21H22N2O3S4. The van der Waals surface area contributed by atoms with Crippen LogP contribution in [0.2, 0.25) is 0 Å². The number of hydrogen-bond acceptors (Lipinski definition) is 7. The van der Waals surface area contributed by atoms with Gasteiger partial charge >= 0.3 is 0 Å². The van der Waals surface area contributed by atoms with Crippen LogP contribution in [-0.4, -0.2) is 31.1 Å². The Labute approximate surface area is 191 Å². The highest BCUT2D eigenvalue weighted by molar-refractivity contribution is 8.14. The van der Waals surface area contributed by atoms with Gasteiger partial charge in [-0.05, 0) is 55.3 Å². The number of anilines is 1. The average molecular weight is 479 g/mol. The predicted molar refractivity (Wildman–Crippen MR) is 128 cm³/mol. The van der Waals surface area contributed by atoms with Gasteiger partial charge in [0.25, 0.3) is 10.1 Å². The molecule has 1 unspecified atom stereocenters. The van der Waals surface area contributed by atoms with Crippen LogP contribution in [0.4, 0.5) is 5.69 Å². The van der Waals surface area contributed by atoms with Gasteiger partial charge in [-0.2, -0.15) is 8.42 Å². The van der Waals surface area contributed by atoms with Crippen molar-refractivity contribution < 1.29 is 13.0 Å². The number of aliphatic imine (C=N–C) groups is 1. The molecule has 2 aliphatic heterocycles. The lowest BCUT2D eigenvalue weighted by Crippen LogP contribution is -2.16. The molecular weight excluding hydrogens is 457 g/mol. The topological polar surface area (TPSA) is 70.0 Å². The lowest BCUT2D eigenvalue weighted by atomic mass is 9.98. The first-order chi connectivity index (χ1) is 14.3. The number of fused-ring (bicyclic) bond motifs is 2. The average Bonchev–Trinajstić information content (AvgIpc) is 3.22. The largest absolute Gasteiger partial charge is 0.336 e. The van der Waals surface area contributed by atoms with Crippen LogP contribution in [0.15, 0.2) is 72.1 Å². The summed E-state index contributed by atoms with van der Waals surface area (Å²) in [6, 6.07) is 11.0. The molecule has 0 spiro atoms. The molecule has 9 heteroatoms. The van der Waals surface area contributed by atoms with Crippen molar-refractivity contribution in [1.82, 2.24) is 0 Å². The van der Waals surface area contributed by atoms with Gasteiger partial charge in [0.1, 0.15) is 0 Å². The van der Waals surface area contributed by atoms with E-state index in [1.807, 2.05) is 6.07 Å². The number of hydrogen-bond donors (Lipinski definition) is 2. The highest BCUT2D eigenvalue weighted by Crippen LogP contribution is 2.47. The van der Waals surface area contributed by atoms with Crippen LogP contribution >= 0.6 is 36.2 Å². The fraction of sp³-hybridized carbons (Fsp3) is 0.286. The predicted octanol–water partition coefficient (Wildman–Crippen LogP) is 5.69. The van der Waals surface area contributed by atoms with Gasteiger partial charge in [0.05, 0.1) is 27.2 Å². The van der Waals surface area contributed by atoms with Gasteiger partial charge in [0.2, 0.25) is 0 Å². The monoisotopic (exact) mass is 478 g/mol. The van der Waals surface area contributed by atoms with Crippen LogP contribution < -0.4 is 4.90 Å². The Kier molecular flexibility index (Phi) is 6.28. The molecule has 0 radical (unpaired) electrons. The van der Waals surface area contributed by atoms with Gasteiger partial charge < -0.3 is 4.90 Å². The Morgan fingerprint density at radius 2 is 1.97 bits per heavy atom. The van der Waals surface area contributed by atoms with Crippen LogP contribution in [0.1, 0.15) is 31.7 Å².